The van der Waals surface area contributed by atoms with Crippen molar-refractivity contribution in [1.29, 1.82) is 0 Å². The summed E-state index contributed by atoms with van der Waals surface area (Å²) in [7, 11) is 0. The highest BCUT2D eigenvalue weighted by Gasteiger charge is 2.22. The van der Waals surface area contributed by atoms with Gasteiger partial charge in [-0.25, -0.2) is 9.18 Å². The van der Waals surface area contributed by atoms with E-state index in [1.807, 2.05) is 0 Å². The molecule has 20 heavy (non-hydrogen) atoms. The van der Waals surface area contributed by atoms with Crippen LogP contribution in [0, 0.1) is 15.9 Å². The molecule has 1 aromatic carbocycles. The third kappa shape index (κ3) is 3.64. The van der Waals surface area contributed by atoms with Gasteiger partial charge in [-0.2, -0.15) is 0 Å². The number of benzene rings is 1. The fourth-order valence-electron chi connectivity index (χ4n) is 1.45. The van der Waals surface area contributed by atoms with Gasteiger partial charge in [0, 0.05) is 18.7 Å². The third-order valence-electron chi connectivity index (χ3n) is 2.33. The number of amides is 1. The number of carboxylic acids is 1. The molecule has 9 heteroatoms. The molecule has 8 nitrogen and oxygen atoms in total. The molecule has 1 aromatic rings. The molecule has 0 saturated heterocycles. The summed E-state index contributed by atoms with van der Waals surface area (Å²) < 4.78 is 13.5. The maximum absolute atomic E-state index is 13.5. The lowest BCUT2D eigenvalue weighted by atomic mass is 10.1. The van der Waals surface area contributed by atoms with Crippen LogP contribution in [0.4, 0.5) is 15.8 Å². The predicted octanol–water partition coefficient (Wildman–Crippen LogP) is 0.980. The molecule has 0 bridgehead atoms. The Bertz CT molecular complexity index is 561. The molecule has 1 rings (SSSR count). The first kappa shape index (κ1) is 15.3. The molecule has 0 saturated carbocycles. The molecule has 1 amide bonds. The van der Waals surface area contributed by atoms with Crippen molar-refractivity contribution in [2.24, 2.45) is 0 Å². The molecule has 0 aromatic heterocycles. The first-order valence-corrected chi connectivity index (χ1v) is 5.58. The van der Waals surface area contributed by atoms with Crippen LogP contribution in [0.5, 0.6) is 0 Å². The standard InChI is InChI=1S/C11H12FN3O5/c1-2-13-10(16)5-14-8-4-7(12)6(11(17)18)3-9(8)15(19)20/h3-4,14H,2,5H2,1H3,(H,13,16)(H,17,18). The smallest absolute Gasteiger partial charge is 0.338 e. The summed E-state index contributed by atoms with van der Waals surface area (Å²) in [5.41, 5.74) is -1.68. The number of nitro benzene ring substituents is 1. The molecule has 0 fully saturated rings. The van der Waals surface area contributed by atoms with Crippen LogP contribution in [-0.2, 0) is 4.79 Å². The highest BCUT2D eigenvalue weighted by molar-refractivity contribution is 5.90. The lowest BCUT2D eigenvalue weighted by Gasteiger charge is -2.08. The second-order valence-corrected chi connectivity index (χ2v) is 3.72. The van der Waals surface area contributed by atoms with Gasteiger partial charge in [-0.05, 0) is 6.92 Å². The number of nitro groups is 1. The van der Waals surface area contributed by atoms with E-state index in [2.05, 4.69) is 10.6 Å². The quantitative estimate of drug-likeness (QED) is 0.529. The van der Waals surface area contributed by atoms with Crippen molar-refractivity contribution < 1.29 is 24.0 Å². The Labute approximate surface area is 112 Å². The Balaban J connectivity index is 3.06. The maximum atomic E-state index is 13.5. The predicted molar refractivity (Wildman–Crippen MR) is 67.2 cm³/mol. The molecular weight excluding hydrogens is 273 g/mol. The van der Waals surface area contributed by atoms with Gasteiger partial charge in [-0.3, -0.25) is 14.9 Å². The average molecular weight is 285 g/mol. The molecule has 0 spiro atoms. The van der Waals surface area contributed by atoms with Crippen molar-refractivity contribution >= 4 is 23.3 Å². The zero-order valence-corrected chi connectivity index (χ0v) is 10.5. The van der Waals surface area contributed by atoms with Crippen molar-refractivity contribution in [3.8, 4) is 0 Å². The fraction of sp³-hybridized carbons (Fsp3) is 0.273. The van der Waals surface area contributed by atoms with E-state index in [1.54, 1.807) is 6.92 Å². The van der Waals surface area contributed by atoms with E-state index in [0.29, 0.717) is 18.7 Å². The molecule has 0 atom stereocenters. The van der Waals surface area contributed by atoms with E-state index >= 15 is 0 Å². The van der Waals surface area contributed by atoms with E-state index < -0.39 is 33.9 Å². The molecule has 0 aliphatic heterocycles. The van der Waals surface area contributed by atoms with E-state index in [9.17, 15) is 24.1 Å². The zero-order chi connectivity index (χ0) is 15.3. The zero-order valence-electron chi connectivity index (χ0n) is 10.5. The minimum Gasteiger partial charge on any atom is -0.478 e. The Morgan fingerprint density at radius 1 is 1.45 bits per heavy atom. The summed E-state index contributed by atoms with van der Waals surface area (Å²) >= 11 is 0. The van der Waals surface area contributed by atoms with Gasteiger partial charge in [0.15, 0.2) is 0 Å². The Hall–Kier alpha value is -2.71. The second-order valence-electron chi connectivity index (χ2n) is 3.72. The van der Waals surface area contributed by atoms with Crippen LogP contribution >= 0.6 is 0 Å². The number of nitrogens with zero attached hydrogens (tertiary/aromatic N) is 1. The number of halogens is 1. The van der Waals surface area contributed by atoms with Gasteiger partial charge in [0.25, 0.3) is 5.69 Å². The van der Waals surface area contributed by atoms with E-state index in [-0.39, 0.29) is 12.2 Å². The summed E-state index contributed by atoms with van der Waals surface area (Å²) in [6, 6.07) is 1.29. The third-order valence-corrected chi connectivity index (χ3v) is 2.33. The van der Waals surface area contributed by atoms with Crippen molar-refractivity contribution in [1.82, 2.24) is 5.32 Å². The molecular formula is C11H12FN3O5. The number of carbonyl (C=O) groups is 2. The van der Waals surface area contributed by atoms with Gasteiger partial charge >= 0.3 is 5.97 Å². The molecule has 0 radical (unpaired) electrons. The highest BCUT2D eigenvalue weighted by Crippen LogP contribution is 2.27. The minimum absolute atomic E-state index is 0.260. The van der Waals surface area contributed by atoms with Crippen molar-refractivity contribution in [3.63, 3.8) is 0 Å². The maximum Gasteiger partial charge on any atom is 0.338 e. The first-order valence-electron chi connectivity index (χ1n) is 5.58. The summed E-state index contributed by atoms with van der Waals surface area (Å²) in [4.78, 5) is 31.9. The summed E-state index contributed by atoms with van der Waals surface area (Å²) in [5, 5.41) is 24.4. The number of aromatic carboxylic acids is 1. The minimum atomic E-state index is -1.61. The SMILES string of the molecule is CCNC(=O)CNc1cc(F)c(C(=O)O)cc1[N+](=O)[O-]. The van der Waals surface area contributed by atoms with Crippen LogP contribution in [0.25, 0.3) is 0 Å². The van der Waals surface area contributed by atoms with Gasteiger partial charge in [0.1, 0.15) is 17.1 Å². The lowest BCUT2D eigenvalue weighted by Crippen LogP contribution is -2.29. The highest BCUT2D eigenvalue weighted by atomic mass is 19.1. The van der Waals surface area contributed by atoms with E-state index in [0.717, 1.165) is 0 Å². The molecule has 0 aliphatic carbocycles. The average Bonchev–Trinajstić information content (AvgIpc) is 2.35. The van der Waals surface area contributed by atoms with Gasteiger partial charge < -0.3 is 15.7 Å². The summed E-state index contributed by atoms with van der Waals surface area (Å²) in [6.07, 6.45) is 0. The van der Waals surface area contributed by atoms with Crippen molar-refractivity contribution in [3.05, 3.63) is 33.6 Å². The first-order chi connectivity index (χ1) is 9.36. The van der Waals surface area contributed by atoms with Gasteiger partial charge in [-0.15, -0.1) is 0 Å². The molecule has 0 aliphatic rings. The summed E-state index contributed by atoms with van der Waals surface area (Å²) in [5.74, 6) is -3.16. The number of likely N-dealkylation sites (N-methyl/N-ethyl adjacent to an activating group) is 1. The van der Waals surface area contributed by atoms with Crippen LogP contribution in [-0.4, -0.2) is 35.0 Å². The number of anilines is 1. The normalized spacial score (nSPS) is 9.90. The van der Waals surface area contributed by atoms with Crippen LogP contribution in [0.2, 0.25) is 0 Å². The number of hydrogen-bond donors (Lipinski definition) is 3. The van der Waals surface area contributed by atoms with Gasteiger partial charge in [-0.1, -0.05) is 0 Å². The molecule has 0 heterocycles. The number of hydrogen-bond acceptors (Lipinski definition) is 5. The monoisotopic (exact) mass is 285 g/mol. The van der Waals surface area contributed by atoms with Crippen molar-refractivity contribution in [2.45, 2.75) is 6.92 Å². The number of nitrogens with one attached hydrogen (secondary N) is 2. The number of carboxylic acid groups (broad SMARTS) is 1. The Morgan fingerprint density at radius 3 is 2.60 bits per heavy atom. The summed E-state index contributed by atoms with van der Waals surface area (Å²) in [6.45, 7) is 1.79. The molecule has 0 unspecified atom stereocenters. The van der Waals surface area contributed by atoms with Crippen LogP contribution in [0.1, 0.15) is 17.3 Å². The Kier molecular flexibility index (Phi) is 4.95. The largest absolute Gasteiger partial charge is 0.478 e. The van der Waals surface area contributed by atoms with Gasteiger partial charge in [0.05, 0.1) is 11.5 Å². The molecule has 108 valence electrons. The van der Waals surface area contributed by atoms with Crippen molar-refractivity contribution in [2.75, 3.05) is 18.4 Å². The van der Waals surface area contributed by atoms with Crippen LogP contribution in [0.15, 0.2) is 12.1 Å². The lowest BCUT2D eigenvalue weighted by molar-refractivity contribution is -0.384. The van der Waals surface area contributed by atoms with Crippen LogP contribution in [0.3, 0.4) is 0 Å². The van der Waals surface area contributed by atoms with Crippen LogP contribution < -0.4 is 10.6 Å². The number of carbonyl (C=O) groups excluding carboxylic acids is 1. The fourth-order valence-corrected chi connectivity index (χ4v) is 1.45. The Morgan fingerprint density at radius 2 is 2.10 bits per heavy atom. The topological polar surface area (TPSA) is 122 Å². The number of rotatable bonds is 6. The van der Waals surface area contributed by atoms with Gasteiger partial charge in [0.2, 0.25) is 5.91 Å². The molecule has 3 N–H and O–H groups in total. The van der Waals surface area contributed by atoms with E-state index in [1.165, 1.54) is 0 Å². The second kappa shape index (κ2) is 6.45. The van der Waals surface area contributed by atoms with E-state index in [4.69, 9.17) is 5.11 Å².